The van der Waals surface area contributed by atoms with E-state index in [9.17, 15) is 29.1 Å². The number of nitrogens with two attached hydrogens (primary N) is 2. The van der Waals surface area contributed by atoms with Crippen molar-refractivity contribution in [3.63, 3.8) is 0 Å². The summed E-state index contributed by atoms with van der Waals surface area (Å²) in [5.41, 5.74) is 10.7. The van der Waals surface area contributed by atoms with Gasteiger partial charge >= 0.3 is 0 Å². The average Bonchev–Trinajstić information content (AvgIpc) is 3.06. The molecule has 2 amide bonds. The molecule has 7 N–H and O–H groups in total. The van der Waals surface area contributed by atoms with Crippen LogP contribution in [0.15, 0.2) is 54.7 Å². The summed E-state index contributed by atoms with van der Waals surface area (Å²) in [6, 6.07) is 8.75. The monoisotopic (exact) mass is 665 g/mol. The van der Waals surface area contributed by atoms with E-state index in [4.69, 9.17) is 16.2 Å². The van der Waals surface area contributed by atoms with Crippen LogP contribution in [0.3, 0.4) is 0 Å². The maximum absolute atomic E-state index is 14.8. The maximum atomic E-state index is 14.8. The Labute approximate surface area is 282 Å². The molecule has 1 aromatic heterocycles. The highest BCUT2D eigenvalue weighted by Gasteiger charge is 2.64. The van der Waals surface area contributed by atoms with Gasteiger partial charge in [-0.25, -0.2) is 0 Å². The topological polar surface area (TPSA) is 204 Å². The number of aromatic nitrogens is 1. The Morgan fingerprint density at radius 1 is 1.02 bits per heavy atom. The van der Waals surface area contributed by atoms with Crippen molar-refractivity contribution in [2.75, 3.05) is 6.61 Å². The molecule has 2 aromatic rings. The molecule has 3 rings (SSSR count). The van der Waals surface area contributed by atoms with Crippen molar-refractivity contribution in [1.29, 1.82) is 0 Å². The largest absolute Gasteiger partial charge is 0.484 e. The zero-order chi connectivity index (χ0) is 35.8. The van der Waals surface area contributed by atoms with E-state index in [1.807, 2.05) is 27.7 Å². The van der Waals surface area contributed by atoms with Gasteiger partial charge in [0.15, 0.2) is 18.2 Å². The Bertz CT molecular complexity index is 1420. The number of nitrogens with zero attached hydrogens (tertiary/aromatic N) is 1. The molecule has 1 saturated carbocycles. The van der Waals surface area contributed by atoms with Gasteiger partial charge in [-0.3, -0.25) is 29.0 Å². The van der Waals surface area contributed by atoms with Crippen LogP contribution >= 0.6 is 0 Å². The van der Waals surface area contributed by atoms with Crippen LogP contribution in [0.25, 0.3) is 0 Å². The molecule has 0 spiro atoms. The summed E-state index contributed by atoms with van der Waals surface area (Å²) < 4.78 is 5.52. The number of hydrogen-bond acceptors (Lipinski definition) is 10. The quantitative estimate of drug-likeness (QED) is 0.166. The lowest BCUT2D eigenvalue weighted by molar-refractivity contribution is -0.169. The fraction of sp³-hybridized carbons (Fsp3) is 0.556. The molecule has 1 heterocycles. The molecule has 0 aliphatic heterocycles. The molecule has 12 nitrogen and oxygen atoms in total. The lowest BCUT2D eigenvalue weighted by Gasteiger charge is -2.48. The SMILES string of the molecule is CC[C@H](C)[C@H](N)C(=O)C(NC(=O)[C@]1(C(C)C)C(=O)C(NC(=O)COc2ccccc2)CC(=O)C1[C@H](O)[C@@H](N)CC(C)C)c1ccccn1. The van der Waals surface area contributed by atoms with Crippen molar-refractivity contribution < 1.29 is 33.8 Å². The van der Waals surface area contributed by atoms with E-state index >= 15 is 0 Å². The number of carbonyl (C=O) groups is 5. The number of aliphatic hydroxyl groups is 1. The highest BCUT2D eigenvalue weighted by Crippen LogP contribution is 2.46. The predicted octanol–water partition coefficient (Wildman–Crippen LogP) is 2.28. The van der Waals surface area contributed by atoms with Crippen molar-refractivity contribution in [3.8, 4) is 5.75 Å². The van der Waals surface area contributed by atoms with Gasteiger partial charge in [0.05, 0.1) is 29.8 Å². The third kappa shape index (κ3) is 8.53. The van der Waals surface area contributed by atoms with Crippen LogP contribution in [0.4, 0.5) is 0 Å². The van der Waals surface area contributed by atoms with E-state index in [-0.39, 0.29) is 17.5 Å². The fourth-order valence-electron chi connectivity index (χ4n) is 6.50. The van der Waals surface area contributed by atoms with Crippen molar-refractivity contribution in [1.82, 2.24) is 15.6 Å². The van der Waals surface area contributed by atoms with Crippen LogP contribution in [-0.4, -0.2) is 70.1 Å². The predicted molar refractivity (Wildman–Crippen MR) is 180 cm³/mol. The number of benzene rings is 1. The zero-order valence-corrected chi connectivity index (χ0v) is 28.7. The van der Waals surface area contributed by atoms with E-state index in [0.717, 1.165) is 0 Å². The van der Waals surface area contributed by atoms with Gasteiger partial charge in [-0.05, 0) is 48.4 Å². The van der Waals surface area contributed by atoms with Gasteiger partial charge in [-0.2, -0.15) is 0 Å². The van der Waals surface area contributed by atoms with Crippen molar-refractivity contribution in [2.45, 2.75) is 91.1 Å². The second-order valence-electron chi connectivity index (χ2n) is 13.5. The van der Waals surface area contributed by atoms with Gasteiger partial charge < -0.3 is 31.9 Å². The number of rotatable bonds is 16. The van der Waals surface area contributed by atoms with Crippen LogP contribution in [-0.2, 0) is 24.0 Å². The highest BCUT2D eigenvalue weighted by molar-refractivity contribution is 6.17. The van der Waals surface area contributed by atoms with Crippen LogP contribution in [0.1, 0.15) is 72.5 Å². The minimum atomic E-state index is -2.23. The number of nitrogens with one attached hydrogen (secondary N) is 2. The van der Waals surface area contributed by atoms with Crippen LogP contribution < -0.4 is 26.8 Å². The second kappa shape index (κ2) is 16.9. The lowest BCUT2D eigenvalue weighted by Crippen LogP contribution is -2.69. The molecular formula is C36H51N5O7. The maximum Gasteiger partial charge on any atom is 0.258 e. The smallest absolute Gasteiger partial charge is 0.258 e. The zero-order valence-electron chi connectivity index (χ0n) is 28.7. The molecule has 48 heavy (non-hydrogen) atoms. The molecule has 8 atom stereocenters. The summed E-state index contributed by atoms with van der Waals surface area (Å²) in [5.74, 6) is -5.78. The molecule has 0 saturated heterocycles. The molecule has 12 heteroatoms. The van der Waals surface area contributed by atoms with E-state index < -0.39 is 89.7 Å². The van der Waals surface area contributed by atoms with Crippen LogP contribution in [0.2, 0.25) is 0 Å². The molecular weight excluding hydrogens is 614 g/mol. The average molecular weight is 666 g/mol. The van der Waals surface area contributed by atoms with Gasteiger partial charge in [-0.15, -0.1) is 0 Å². The van der Waals surface area contributed by atoms with E-state index in [2.05, 4.69) is 15.6 Å². The Morgan fingerprint density at radius 2 is 1.67 bits per heavy atom. The minimum Gasteiger partial charge on any atom is -0.484 e. The van der Waals surface area contributed by atoms with Gasteiger partial charge in [0.25, 0.3) is 5.91 Å². The summed E-state index contributed by atoms with van der Waals surface area (Å²) in [4.78, 5) is 74.7. The molecule has 3 unspecified atom stereocenters. The number of ketones is 3. The molecule has 262 valence electrons. The summed E-state index contributed by atoms with van der Waals surface area (Å²) in [6.45, 7) is 10.2. The Kier molecular flexibility index (Phi) is 13.5. The third-order valence-corrected chi connectivity index (χ3v) is 9.35. The number of hydrogen-bond donors (Lipinski definition) is 5. The molecule has 1 fully saturated rings. The van der Waals surface area contributed by atoms with Crippen LogP contribution in [0.5, 0.6) is 5.75 Å². The number of para-hydroxylation sites is 1. The number of ether oxygens (including phenoxy) is 1. The number of carbonyl (C=O) groups excluding carboxylic acids is 5. The van der Waals surface area contributed by atoms with Gasteiger partial charge in [0, 0.05) is 18.7 Å². The van der Waals surface area contributed by atoms with Crippen molar-refractivity contribution in [3.05, 3.63) is 60.4 Å². The van der Waals surface area contributed by atoms with Crippen molar-refractivity contribution in [2.24, 2.45) is 40.6 Å². The number of pyridine rings is 1. The van der Waals surface area contributed by atoms with E-state index in [0.29, 0.717) is 18.6 Å². The first kappa shape index (κ1) is 38.4. The summed E-state index contributed by atoms with van der Waals surface area (Å²) >= 11 is 0. The lowest BCUT2D eigenvalue weighted by atomic mass is 9.55. The molecule has 1 aromatic carbocycles. The Balaban J connectivity index is 2.09. The first-order valence-corrected chi connectivity index (χ1v) is 16.7. The number of Topliss-reactive ketones (excluding diaryl/α,β-unsaturated/α-hetero) is 3. The molecule has 0 bridgehead atoms. The van der Waals surface area contributed by atoms with Gasteiger partial charge in [0.1, 0.15) is 23.0 Å². The Hall–Kier alpha value is -4.00. The fourth-order valence-corrected chi connectivity index (χ4v) is 6.50. The second-order valence-corrected chi connectivity index (χ2v) is 13.5. The standard InChI is InChI=1S/C36H51N5O7/c1-7-22(6)30(38)33(45)31(25-15-11-12-16-39-25)41-35(47)36(21(4)5)29(32(44)24(37)17-20(2)3)27(42)18-26(34(36)46)40-28(43)19-48-23-13-9-8-10-14-23/h8-16,20-22,24,26,29-32,44H,7,17-19,37-38H2,1-6H3,(H,40,43)(H,41,47)/t22-,24-,26?,29?,30-,31?,32+,36-/m0/s1. The van der Waals surface area contributed by atoms with E-state index in [1.54, 1.807) is 62.4 Å². The Morgan fingerprint density at radius 3 is 2.23 bits per heavy atom. The minimum absolute atomic E-state index is 0.0381. The van der Waals surface area contributed by atoms with Crippen LogP contribution in [0, 0.1) is 29.1 Å². The van der Waals surface area contributed by atoms with Gasteiger partial charge in [0.2, 0.25) is 5.91 Å². The molecule has 1 aliphatic rings. The van der Waals surface area contributed by atoms with Crippen molar-refractivity contribution >= 4 is 29.2 Å². The summed E-state index contributed by atoms with van der Waals surface area (Å²) in [5, 5.41) is 17.0. The van der Waals surface area contributed by atoms with E-state index in [1.165, 1.54) is 6.20 Å². The number of amides is 2. The summed E-state index contributed by atoms with van der Waals surface area (Å²) in [6.07, 6.45) is 0.321. The normalized spacial score (nSPS) is 22.8. The molecule has 0 radical (unpaired) electrons. The number of aliphatic hydroxyl groups excluding tert-OH is 1. The third-order valence-electron chi connectivity index (χ3n) is 9.35. The summed E-state index contributed by atoms with van der Waals surface area (Å²) in [7, 11) is 0. The first-order chi connectivity index (χ1) is 22.7. The van der Waals surface area contributed by atoms with Gasteiger partial charge in [-0.1, -0.05) is 72.2 Å². The highest BCUT2D eigenvalue weighted by atomic mass is 16.5. The first-order valence-electron chi connectivity index (χ1n) is 16.7. The molecule has 1 aliphatic carbocycles.